The maximum absolute atomic E-state index is 12.5. The fourth-order valence-electron chi connectivity index (χ4n) is 3.45. The van der Waals surface area contributed by atoms with Crippen molar-refractivity contribution in [1.82, 2.24) is 5.32 Å². The number of carbonyl (C=O) groups excluding carboxylic acids is 2. The van der Waals surface area contributed by atoms with Crippen LogP contribution in [0, 0.1) is 12.3 Å². The Kier molecular flexibility index (Phi) is 8.39. The van der Waals surface area contributed by atoms with Gasteiger partial charge in [0.05, 0.1) is 0 Å². The molecule has 0 radical (unpaired) electrons. The van der Waals surface area contributed by atoms with Gasteiger partial charge in [0.15, 0.2) is 0 Å². The van der Waals surface area contributed by atoms with Crippen molar-refractivity contribution in [3.05, 3.63) is 29.3 Å². The Hall–Kier alpha value is -1.59. The average Bonchev–Trinajstić information content (AvgIpc) is 2.57. The lowest BCUT2D eigenvalue weighted by Gasteiger charge is -2.35. The van der Waals surface area contributed by atoms with Crippen LogP contribution in [-0.2, 0) is 4.79 Å². The maximum atomic E-state index is 12.5. The van der Waals surface area contributed by atoms with Gasteiger partial charge in [-0.05, 0) is 56.3 Å². The second-order valence-electron chi connectivity index (χ2n) is 6.88. The molecular weight excluding hydrogens is 338 g/mol. The summed E-state index contributed by atoms with van der Waals surface area (Å²) in [4.78, 5) is 24.5. The molecule has 0 spiro atoms. The molecule has 2 rings (SSSR count). The van der Waals surface area contributed by atoms with E-state index in [1.165, 1.54) is 6.42 Å². The van der Waals surface area contributed by atoms with Crippen LogP contribution in [0.1, 0.15) is 61.4 Å². The first-order valence-electron chi connectivity index (χ1n) is 8.88. The molecule has 5 nitrogen and oxygen atoms in total. The predicted octanol–water partition coefficient (Wildman–Crippen LogP) is 3.40. The summed E-state index contributed by atoms with van der Waals surface area (Å²) >= 11 is 0. The predicted molar refractivity (Wildman–Crippen MR) is 104 cm³/mol. The Morgan fingerprint density at radius 2 is 1.88 bits per heavy atom. The van der Waals surface area contributed by atoms with Crippen LogP contribution in [0.3, 0.4) is 0 Å². The van der Waals surface area contributed by atoms with E-state index in [9.17, 15) is 9.59 Å². The highest BCUT2D eigenvalue weighted by atomic mass is 35.5. The van der Waals surface area contributed by atoms with E-state index in [4.69, 9.17) is 5.73 Å². The Labute approximate surface area is 156 Å². The number of nitrogens with one attached hydrogen (secondary N) is 2. The summed E-state index contributed by atoms with van der Waals surface area (Å²) in [6.07, 6.45) is 6.03. The molecule has 0 aromatic heterocycles. The lowest BCUT2D eigenvalue weighted by Crippen LogP contribution is -2.36. The first kappa shape index (κ1) is 21.5. The third-order valence-electron chi connectivity index (χ3n) is 4.99. The van der Waals surface area contributed by atoms with Crippen molar-refractivity contribution < 1.29 is 9.59 Å². The maximum Gasteiger partial charge on any atom is 0.251 e. The molecular formula is C19H30ClN3O2. The third kappa shape index (κ3) is 5.72. The molecule has 0 unspecified atom stereocenters. The molecule has 1 aliphatic carbocycles. The number of aryl methyl sites for hydroxylation is 1. The third-order valence-corrected chi connectivity index (χ3v) is 4.99. The molecule has 25 heavy (non-hydrogen) atoms. The van der Waals surface area contributed by atoms with Gasteiger partial charge in [-0.2, -0.15) is 0 Å². The molecule has 1 fully saturated rings. The van der Waals surface area contributed by atoms with Gasteiger partial charge in [0.2, 0.25) is 5.91 Å². The number of nitrogens with two attached hydrogens (primary N) is 1. The van der Waals surface area contributed by atoms with Crippen LogP contribution in [0.15, 0.2) is 18.2 Å². The monoisotopic (exact) mass is 367 g/mol. The van der Waals surface area contributed by atoms with Gasteiger partial charge >= 0.3 is 0 Å². The van der Waals surface area contributed by atoms with Crippen molar-refractivity contribution in [2.75, 3.05) is 18.4 Å². The topological polar surface area (TPSA) is 84.2 Å². The van der Waals surface area contributed by atoms with Crippen molar-refractivity contribution >= 4 is 29.9 Å². The first-order chi connectivity index (χ1) is 11.5. The van der Waals surface area contributed by atoms with Crippen molar-refractivity contribution in [2.24, 2.45) is 11.1 Å². The normalized spacial score (nSPS) is 15.8. The molecule has 1 saturated carbocycles. The summed E-state index contributed by atoms with van der Waals surface area (Å²) in [7, 11) is 0. The summed E-state index contributed by atoms with van der Waals surface area (Å²) < 4.78 is 0. The second kappa shape index (κ2) is 9.78. The fraction of sp³-hybridized carbons (Fsp3) is 0.579. The number of halogens is 1. The molecule has 4 N–H and O–H groups in total. The van der Waals surface area contributed by atoms with E-state index in [1.54, 1.807) is 12.1 Å². The highest BCUT2D eigenvalue weighted by molar-refractivity contribution is 5.97. The SMILES string of the molecule is CCNC(=O)c1ccc(C)c(NC(=O)CC2(CN)CCCCC2)c1.Cl. The minimum Gasteiger partial charge on any atom is -0.352 e. The van der Waals surface area contributed by atoms with Crippen LogP contribution in [-0.4, -0.2) is 24.9 Å². The molecule has 0 heterocycles. The van der Waals surface area contributed by atoms with E-state index >= 15 is 0 Å². The van der Waals surface area contributed by atoms with Crippen LogP contribution >= 0.6 is 12.4 Å². The summed E-state index contributed by atoms with van der Waals surface area (Å²) in [5.41, 5.74) is 8.12. The summed E-state index contributed by atoms with van der Waals surface area (Å²) in [6, 6.07) is 5.38. The number of benzene rings is 1. The highest BCUT2D eigenvalue weighted by Gasteiger charge is 2.33. The molecule has 1 aliphatic rings. The first-order valence-corrected chi connectivity index (χ1v) is 8.88. The minimum absolute atomic E-state index is 0. The number of anilines is 1. The number of hydrogen-bond donors (Lipinski definition) is 3. The molecule has 1 aromatic rings. The Bertz CT molecular complexity index is 598. The van der Waals surface area contributed by atoms with E-state index in [0.29, 0.717) is 30.8 Å². The fourth-order valence-corrected chi connectivity index (χ4v) is 3.45. The van der Waals surface area contributed by atoms with E-state index in [0.717, 1.165) is 31.2 Å². The zero-order chi connectivity index (χ0) is 17.6. The van der Waals surface area contributed by atoms with Crippen molar-refractivity contribution in [2.45, 2.75) is 52.4 Å². The second-order valence-corrected chi connectivity index (χ2v) is 6.88. The van der Waals surface area contributed by atoms with Gasteiger partial charge < -0.3 is 16.4 Å². The summed E-state index contributed by atoms with van der Waals surface area (Å²) in [5, 5.41) is 5.75. The number of hydrogen-bond acceptors (Lipinski definition) is 3. The molecule has 6 heteroatoms. The average molecular weight is 368 g/mol. The molecule has 140 valence electrons. The van der Waals surface area contributed by atoms with E-state index < -0.39 is 0 Å². The zero-order valence-electron chi connectivity index (χ0n) is 15.2. The lowest BCUT2D eigenvalue weighted by molar-refractivity contribution is -0.118. The molecule has 0 saturated heterocycles. The Morgan fingerprint density at radius 3 is 2.48 bits per heavy atom. The van der Waals surface area contributed by atoms with Gasteiger partial charge in [0.25, 0.3) is 5.91 Å². The van der Waals surface area contributed by atoms with Gasteiger partial charge in [0, 0.05) is 24.2 Å². The van der Waals surface area contributed by atoms with Gasteiger partial charge in [-0.1, -0.05) is 25.3 Å². The van der Waals surface area contributed by atoms with Crippen LogP contribution in [0.25, 0.3) is 0 Å². The Balaban J connectivity index is 0.00000312. The minimum atomic E-state index is -0.126. The molecule has 1 aromatic carbocycles. The molecule has 2 amide bonds. The summed E-state index contributed by atoms with van der Waals surface area (Å²) in [6.45, 7) is 4.94. The van der Waals surface area contributed by atoms with Crippen molar-refractivity contribution in [1.29, 1.82) is 0 Å². The molecule has 0 aliphatic heterocycles. The number of amides is 2. The van der Waals surface area contributed by atoms with Crippen LogP contribution < -0.4 is 16.4 Å². The van der Waals surface area contributed by atoms with E-state index in [-0.39, 0.29) is 29.6 Å². The van der Waals surface area contributed by atoms with Crippen molar-refractivity contribution in [3.63, 3.8) is 0 Å². The summed E-state index contributed by atoms with van der Waals surface area (Å²) in [5.74, 6) is -0.141. The molecule has 0 atom stereocenters. The van der Waals surface area contributed by atoms with E-state index in [1.807, 2.05) is 19.9 Å². The smallest absolute Gasteiger partial charge is 0.251 e. The van der Waals surface area contributed by atoms with Crippen LogP contribution in [0.2, 0.25) is 0 Å². The van der Waals surface area contributed by atoms with Gasteiger partial charge in [0.1, 0.15) is 0 Å². The van der Waals surface area contributed by atoms with Gasteiger partial charge in [-0.25, -0.2) is 0 Å². The largest absolute Gasteiger partial charge is 0.352 e. The van der Waals surface area contributed by atoms with E-state index in [2.05, 4.69) is 10.6 Å². The van der Waals surface area contributed by atoms with Gasteiger partial charge in [-0.3, -0.25) is 9.59 Å². The Morgan fingerprint density at radius 1 is 1.20 bits per heavy atom. The van der Waals surface area contributed by atoms with Crippen molar-refractivity contribution in [3.8, 4) is 0 Å². The highest BCUT2D eigenvalue weighted by Crippen LogP contribution is 2.38. The van der Waals surface area contributed by atoms with Gasteiger partial charge in [-0.15, -0.1) is 12.4 Å². The number of carbonyl (C=O) groups is 2. The zero-order valence-corrected chi connectivity index (χ0v) is 16.0. The van der Waals surface area contributed by atoms with Crippen LogP contribution in [0.4, 0.5) is 5.69 Å². The molecule has 0 bridgehead atoms. The number of rotatable bonds is 6. The van der Waals surface area contributed by atoms with Crippen LogP contribution in [0.5, 0.6) is 0 Å². The lowest BCUT2D eigenvalue weighted by atomic mass is 9.71. The standard InChI is InChI=1S/C19H29N3O2.ClH/c1-3-21-18(24)15-8-7-14(2)16(11-15)22-17(23)12-19(13-20)9-5-4-6-10-19;/h7-8,11H,3-6,9-10,12-13,20H2,1-2H3,(H,21,24)(H,22,23);1H. The quantitative estimate of drug-likeness (QED) is 0.720.